The van der Waals surface area contributed by atoms with Crippen molar-refractivity contribution in [3.8, 4) is 0 Å². The number of hydrogen-bond acceptors (Lipinski definition) is 5. The van der Waals surface area contributed by atoms with Crippen molar-refractivity contribution in [1.29, 1.82) is 0 Å². The highest BCUT2D eigenvalue weighted by molar-refractivity contribution is 7.18. The molecular formula is C24H28N4O2S. The molecule has 0 aliphatic carbocycles. The molecule has 4 rings (SSSR count). The molecule has 1 aliphatic rings. The van der Waals surface area contributed by atoms with Crippen LogP contribution in [0.5, 0.6) is 0 Å². The zero-order chi connectivity index (χ0) is 22.1. The van der Waals surface area contributed by atoms with E-state index in [9.17, 15) is 9.59 Å². The van der Waals surface area contributed by atoms with Gasteiger partial charge in [0.1, 0.15) is 0 Å². The lowest BCUT2D eigenvalue weighted by molar-refractivity contribution is -0.122. The van der Waals surface area contributed by atoms with Gasteiger partial charge in [0.25, 0.3) is 0 Å². The average Bonchev–Trinajstić information content (AvgIpc) is 3.31. The van der Waals surface area contributed by atoms with Gasteiger partial charge >= 0.3 is 0 Å². The van der Waals surface area contributed by atoms with Gasteiger partial charge in [0, 0.05) is 43.1 Å². The minimum absolute atomic E-state index is 0.0277. The van der Waals surface area contributed by atoms with Crippen LogP contribution in [0.3, 0.4) is 0 Å². The minimum atomic E-state index is -0.373. The molecule has 1 N–H and O–H groups in total. The van der Waals surface area contributed by atoms with Crippen molar-refractivity contribution in [2.24, 2.45) is 5.92 Å². The third-order valence-corrected chi connectivity index (χ3v) is 6.83. The van der Waals surface area contributed by atoms with Crippen LogP contribution in [-0.4, -0.2) is 36.4 Å². The van der Waals surface area contributed by atoms with Crippen LogP contribution in [0.15, 0.2) is 36.4 Å². The minimum Gasteiger partial charge on any atom is -0.372 e. The van der Waals surface area contributed by atoms with Crippen LogP contribution in [0.2, 0.25) is 0 Å². The molecular weight excluding hydrogens is 408 g/mol. The molecule has 3 aromatic rings. The SMILES string of the molecule is CCN(CC)c1ccc(NC(=O)C2CC(=O)N(c3ccc4sc(C)nc4c3)C2)c(C)c1. The van der Waals surface area contributed by atoms with Crippen LogP contribution in [0, 0.1) is 19.8 Å². The Labute approximate surface area is 186 Å². The lowest BCUT2D eigenvalue weighted by Crippen LogP contribution is -2.28. The molecule has 1 unspecified atom stereocenters. The zero-order valence-corrected chi connectivity index (χ0v) is 19.3. The smallest absolute Gasteiger partial charge is 0.229 e. The summed E-state index contributed by atoms with van der Waals surface area (Å²) >= 11 is 1.64. The normalized spacial score (nSPS) is 16.2. The fourth-order valence-corrected chi connectivity index (χ4v) is 4.95. The maximum absolute atomic E-state index is 12.9. The average molecular weight is 437 g/mol. The molecule has 2 aromatic carbocycles. The highest BCUT2D eigenvalue weighted by atomic mass is 32.1. The third kappa shape index (κ3) is 4.28. The van der Waals surface area contributed by atoms with Gasteiger partial charge in [-0.3, -0.25) is 9.59 Å². The number of hydrogen-bond donors (Lipinski definition) is 1. The molecule has 6 nitrogen and oxygen atoms in total. The predicted octanol–water partition coefficient (Wildman–Crippen LogP) is 4.75. The number of aromatic nitrogens is 1. The first kappa shape index (κ1) is 21.3. The summed E-state index contributed by atoms with van der Waals surface area (Å²) in [4.78, 5) is 34.1. The van der Waals surface area contributed by atoms with Gasteiger partial charge in [-0.1, -0.05) is 0 Å². The number of rotatable bonds is 6. The fourth-order valence-electron chi connectivity index (χ4n) is 4.14. The number of anilines is 3. The number of aryl methyl sites for hydroxylation is 2. The van der Waals surface area contributed by atoms with E-state index in [1.165, 1.54) is 0 Å². The second-order valence-corrected chi connectivity index (χ2v) is 9.19. The van der Waals surface area contributed by atoms with Gasteiger partial charge in [-0.05, 0) is 69.7 Å². The summed E-state index contributed by atoms with van der Waals surface area (Å²) in [6.07, 6.45) is 0.219. The van der Waals surface area contributed by atoms with Crippen LogP contribution >= 0.6 is 11.3 Å². The van der Waals surface area contributed by atoms with E-state index in [4.69, 9.17) is 0 Å². The first-order chi connectivity index (χ1) is 14.9. The van der Waals surface area contributed by atoms with E-state index in [1.807, 2.05) is 44.2 Å². The van der Waals surface area contributed by atoms with Crippen molar-refractivity contribution in [1.82, 2.24) is 4.98 Å². The Kier molecular flexibility index (Phi) is 5.96. The quantitative estimate of drug-likeness (QED) is 0.606. The summed E-state index contributed by atoms with van der Waals surface area (Å²) in [5.74, 6) is -0.512. The van der Waals surface area contributed by atoms with Crippen molar-refractivity contribution >= 4 is 50.4 Å². The number of carbonyl (C=O) groups is 2. The number of carbonyl (C=O) groups excluding carboxylic acids is 2. The number of thiazole rings is 1. The topological polar surface area (TPSA) is 65.5 Å². The molecule has 1 atom stereocenters. The second-order valence-electron chi connectivity index (χ2n) is 7.95. The predicted molar refractivity (Wildman–Crippen MR) is 128 cm³/mol. The maximum Gasteiger partial charge on any atom is 0.229 e. The third-order valence-electron chi connectivity index (χ3n) is 5.88. The Morgan fingerprint density at radius 2 is 1.97 bits per heavy atom. The Bertz CT molecular complexity index is 1140. The molecule has 0 saturated carbocycles. The molecule has 0 spiro atoms. The number of nitrogens with one attached hydrogen (secondary N) is 1. The lowest BCUT2D eigenvalue weighted by Gasteiger charge is -2.22. The number of nitrogens with zero attached hydrogens (tertiary/aromatic N) is 3. The van der Waals surface area contributed by atoms with Crippen molar-refractivity contribution in [3.63, 3.8) is 0 Å². The van der Waals surface area contributed by atoms with Gasteiger partial charge in [-0.2, -0.15) is 0 Å². The summed E-state index contributed by atoms with van der Waals surface area (Å²) in [6.45, 7) is 10.5. The lowest BCUT2D eigenvalue weighted by atomic mass is 10.1. The first-order valence-electron chi connectivity index (χ1n) is 10.7. The molecule has 7 heteroatoms. The van der Waals surface area contributed by atoms with E-state index in [2.05, 4.69) is 35.1 Å². The van der Waals surface area contributed by atoms with Crippen LogP contribution in [-0.2, 0) is 9.59 Å². The molecule has 2 heterocycles. The zero-order valence-electron chi connectivity index (χ0n) is 18.4. The van der Waals surface area contributed by atoms with E-state index >= 15 is 0 Å². The molecule has 1 aliphatic heterocycles. The van der Waals surface area contributed by atoms with Gasteiger partial charge in [-0.25, -0.2) is 4.98 Å². The molecule has 0 radical (unpaired) electrons. The summed E-state index contributed by atoms with van der Waals surface area (Å²) in [5.41, 5.74) is 4.66. The molecule has 31 heavy (non-hydrogen) atoms. The van der Waals surface area contributed by atoms with Crippen molar-refractivity contribution in [2.45, 2.75) is 34.1 Å². The summed E-state index contributed by atoms with van der Waals surface area (Å²) in [7, 11) is 0. The van der Waals surface area contributed by atoms with Gasteiger partial charge in [0.05, 0.1) is 21.1 Å². The van der Waals surface area contributed by atoms with E-state index in [-0.39, 0.29) is 24.2 Å². The van der Waals surface area contributed by atoms with Gasteiger partial charge in [0.15, 0.2) is 0 Å². The Hall–Kier alpha value is -2.93. The molecule has 162 valence electrons. The molecule has 0 bridgehead atoms. The van der Waals surface area contributed by atoms with E-state index < -0.39 is 0 Å². The Morgan fingerprint density at radius 3 is 2.68 bits per heavy atom. The van der Waals surface area contributed by atoms with E-state index in [0.29, 0.717) is 6.54 Å². The van der Waals surface area contributed by atoms with Crippen LogP contribution in [0.4, 0.5) is 17.1 Å². The van der Waals surface area contributed by atoms with Crippen molar-refractivity contribution in [3.05, 3.63) is 47.0 Å². The standard InChI is InChI=1S/C24H28N4O2S/c1-5-27(6-2)18-7-9-20(15(3)11-18)26-24(30)17-12-23(29)28(14-17)19-8-10-22-21(13-19)25-16(4)31-22/h7-11,13,17H,5-6,12,14H2,1-4H3,(H,26,30). The first-order valence-corrected chi connectivity index (χ1v) is 11.5. The monoisotopic (exact) mass is 436 g/mol. The van der Waals surface area contributed by atoms with Gasteiger partial charge in [0.2, 0.25) is 11.8 Å². The number of benzene rings is 2. The van der Waals surface area contributed by atoms with Crippen LogP contribution in [0.25, 0.3) is 10.2 Å². The van der Waals surface area contributed by atoms with Crippen LogP contribution in [0.1, 0.15) is 30.8 Å². The molecule has 1 aromatic heterocycles. The molecule has 1 fully saturated rings. The van der Waals surface area contributed by atoms with E-state index in [0.717, 1.165) is 50.9 Å². The molecule has 2 amide bonds. The molecule has 1 saturated heterocycles. The largest absolute Gasteiger partial charge is 0.372 e. The van der Waals surface area contributed by atoms with Gasteiger partial charge < -0.3 is 15.1 Å². The summed E-state index contributed by atoms with van der Waals surface area (Å²) in [6, 6.07) is 12.0. The second kappa shape index (κ2) is 8.67. The van der Waals surface area contributed by atoms with E-state index in [1.54, 1.807) is 16.2 Å². The van der Waals surface area contributed by atoms with Crippen LogP contribution < -0.4 is 15.1 Å². The Balaban J connectivity index is 1.46. The van der Waals surface area contributed by atoms with Crippen molar-refractivity contribution < 1.29 is 9.59 Å². The van der Waals surface area contributed by atoms with Crippen molar-refractivity contribution in [2.75, 3.05) is 34.8 Å². The highest BCUT2D eigenvalue weighted by Gasteiger charge is 2.35. The fraction of sp³-hybridized carbons (Fsp3) is 0.375. The Morgan fingerprint density at radius 1 is 1.19 bits per heavy atom. The van der Waals surface area contributed by atoms with Gasteiger partial charge in [-0.15, -0.1) is 11.3 Å². The summed E-state index contributed by atoms with van der Waals surface area (Å²) in [5, 5.41) is 4.03. The summed E-state index contributed by atoms with van der Waals surface area (Å²) < 4.78 is 1.10. The highest BCUT2D eigenvalue weighted by Crippen LogP contribution is 2.31. The number of fused-ring (bicyclic) bond motifs is 1. The maximum atomic E-state index is 12.9. The number of amides is 2.